The molecule has 0 aliphatic carbocycles. The molecule has 0 heterocycles. The summed E-state index contributed by atoms with van der Waals surface area (Å²) in [6.45, 7) is 2.60. The first-order valence-corrected chi connectivity index (χ1v) is 10.5. The third-order valence-corrected chi connectivity index (χ3v) is 5.03. The van der Waals surface area contributed by atoms with Crippen molar-refractivity contribution in [3.63, 3.8) is 0 Å². The molecule has 0 atom stereocenters. The first kappa shape index (κ1) is 22.9. The molecule has 154 valence electrons. The lowest BCUT2D eigenvalue weighted by molar-refractivity contribution is -0.121. The normalized spacial score (nSPS) is 10.7. The van der Waals surface area contributed by atoms with Gasteiger partial charge in [0.2, 0.25) is 5.91 Å². The van der Waals surface area contributed by atoms with Crippen LogP contribution in [0.3, 0.4) is 0 Å². The minimum atomic E-state index is -0.265. The van der Waals surface area contributed by atoms with Crippen molar-refractivity contribution >= 4 is 49.9 Å². The molecule has 9 heteroatoms. The van der Waals surface area contributed by atoms with Crippen molar-refractivity contribution in [3.8, 4) is 11.5 Å². The van der Waals surface area contributed by atoms with Crippen molar-refractivity contribution in [1.82, 2.24) is 10.7 Å². The van der Waals surface area contributed by atoms with Gasteiger partial charge in [-0.05, 0) is 75.0 Å². The van der Waals surface area contributed by atoms with Gasteiger partial charge < -0.3 is 15.2 Å². The molecule has 2 aromatic carbocycles. The van der Waals surface area contributed by atoms with Gasteiger partial charge in [0.05, 0.1) is 22.9 Å². The maximum absolute atomic E-state index is 12.1. The Morgan fingerprint density at radius 3 is 2.69 bits per heavy atom. The van der Waals surface area contributed by atoms with Crippen molar-refractivity contribution in [2.75, 3.05) is 13.2 Å². The fourth-order valence-electron chi connectivity index (χ4n) is 2.36. The van der Waals surface area contributed by atoms with E-state index in [1.807, 2.05) is 13.0 Å². The molecule has 0 aromatic heterocycles. The highest BCUT2D eigenvalue weighted by Gasteiger charge is 2.09. The molecule has 0 fully saturated rings. The lowest BCUT2D eigenvalue weighted by Crippen LogP contribution is -2.26. The summed E-state index contributed by atoms with van der Waals surface area (Å²) in [6.07, 6.45) is 2.16. The van der Waals surface area contributed by atoms with Crippen LogP contribution >= 0.6 is 31.9 Å². The molecule has 2 aromatic rings. The number of amides is 2. The number of hydrogen-bond donors (Lipinski definition) is 3. The molecule has 0 radical (unpaired) electrons. The molecule has 0 bridgehead atoms. The van der Waals surface area contributed by atoms with Gasteiger partial charge in [-0.15, -0.1) is 0 Å². The number of phenols is 1. The lowest BCUT2D eigenvalue weighted by atomic mass is 10.2. The van der Waals surface area contributed by atoms with E-state index in [0.717, 1.165) is 4.47 Å². The molecular weight excluding hydrogens is 506 g/mol. The summed E-state index contributed by atoms with van der Waals surface area (Å²) in [6, 6.07) is 10.4. The van der Waals surface area contributed by atoms with Crippen molar-refractivity contribution < 1.29 is 19.4 Å². The highest BCUT2D eigenvalue weighted by Crippen LogP contribution is 2.35. The number of nitrogens with zero attached hydrogens (tertiary/aromatic N) is 1. The first-order chi connectivity index (χ1) is 13.9. The fraction of sp³-hybridized carbons (Fsp3) is 0.250. The maximum atomic E-state index is 12.1. The van der Waals surface area contributed by atoms with Crippen LogP contribution in [-0.4, -0.2) is 36.3 Å². The Bertz CT molecular complexity index is 903. The molecular formula is C20H21Br2N3O4. The zero-order valence-corrected chi connectivity index (χ0v) is 18.9. The minimum absolute atomic E-state index is 0.0117. The van der Waals surface area contributed by atoms with E-state index in [1.165, 1.54) is 6.21 Å². The number of carbonyl (C=O) groups is 2. The summed E-state index contributed by atoms with van der Waals surface area (Å²) >= 11 is 6.58. The van der Waals surface area contributed by atoms with Crippen LogP contribution < -0.4 is 15.5 Å². The van der Waals surface area contributed by atoms with E-state index in [2.05, 4.69) is 47.7 Å². The van der Waals surface area contributed by atoms with E-state index in [0.29, 0.717) is 40.9 Å². The predicted molar refractivity (Wildman–Crippen MR) is 118 cm³/mol. The van der Waals surface area contributed by atoms with Gasteiger partial charge in [-0.3, -0.25) is 9.59 Å². The molecule has 0 aliphatic heterocycles. The zero-order chi connectivity index (χ0) is 21.2. The molecule has 7 nitrogen and oxygen atoms in total. The van der Waals surface area contributed by atoms with Gasteiger partial charge in [0, 0.05) is 17.4 Å². The molecule has 0 saturated heterocycles. The van der Waals surface area contributed by atoms with E-state index in [9.17, 15) is 14.7 Å². The third-order valence-electron chi connectivity index (χ3n) is 3.74. The average molecular weight is 527 g/mol. The highest BCUT2D eigenvalue weighted by molar-refractivity contribution is 9.10. The summed E-state index contributed by atoms with van der Waals surface area (Å²) < 4.78 is 6.53. The topological polar surface area (TPSA) is 100 Å². The second-order valence-electron chi connectivity index (χ2n) is 5.91. The molecule has 0 saturated carbocycles. The standard InChI is InChI=1S/C20H21Br2N3O4/c1-2-29-17-11-13(10-16(22)19(17)27)12-24-25-18(26)8-5-9-23-20(28)14-6-3-4-7-15(14)21/h3-4,6-7,10-12,27H,2,5,8-9H2,1H3,(H,23,28)(H,25,26). The second-order valence-corrected chi connectivity index (χ2v) is 7.62. The monoisotopic (exact) mass is 525 g/mol. The molecule has 3 N–H and O–H groups in total. The van der Waals surface area contributed by atoms with E-state index in [-0.39, 0.29) is 24.0 Å². The van der Waals surface area contributed by atoms with Gasteiger partial charge in [-0.2, -0.15) is 5.10 Å². The predicted octanol–water partition coefficient (Wildman–Crippen LogP) is 3.98. The Morgan fingerprint density at radius 2 is 1.97 bits per heavy atom. The molecule has 0 unspecified atom stereocenters. The summed E-state index contributed by atoms with van der Waals surface area (Å²) in [5.74, 6) is -0.119. The number of hydrazone groups is 1. The number of ether oxygens (including phenoxy) is 1. The van der Waals surface area contributed by atoms with Crippen LogP contribution in [0.1, 0.15) is 35.7 Å². The quantitative estimate of drug-likeness (QED) is 0.261. The SMILES string of the molecule is CCOc1cc(C=NNC(=O)CCCNC(=O)c2ccccc2Br)cc(Br)c1O. The molecule has 2 rings (SSSR count). The number of benzene rings is 2. The van der Waals surface area contributed by atoms with Crippen LogP contribution in [0, 0.1) is 0 Å². The Hall–Kier alpha value is -2.39. The first-order valence-electron chi connectivity index (χ1n) is 8.92. The largest absolute Gasteiger partial charge is 0.503 e. The zero-order valence-electron chi connectivity index (χ0n) is 15.7. The number of nitrogens with one attached hydrogen (secondary N) is 2. The van der Waals surface area contributed by atoms with Crippen LogP contribution in [0.2, 0.25) is 0 Å². The average Bonchev–Trinajstić information content (AvgIpc) is 2.69. The van der Waals surface area contributed by atoms with Crippen molar-refractivity contribution in [2.45, 2.75) is 19.8 Å². The Morgan fingerprint density at radius 1 is 1.21 bits per heavy atom. The second kappa shape index (κ2) is 11.6. The maximum Gasteiger partial charge on any atom is 0.252 e. The van der Waals surface area contributed by atoms with Gasteiger partial charge in [-0.25, -0.2) is 5.43 Å². The molecule has 0 spiro atoms. The van der Waals surface area contributed by atoms with E-state index in [4.69, 9.17) is 4.74 Å². The number of hydrogen-bond acceptors (Lipinski definition) is 5. The van der Waals surface area contributed by atoms with Crippen molar-refractivity contribution in [3.05, 3.63) is 56.5 Å². The van der Waals surface area contributed by atoms with Crippen LogP contribution in [0.25, 0.3) is 0 Å². The van der Waals surface area contributed by atoms with E-state index >= 15 is 0 Å². The van der Waals surface area contributed by atoms with Crippen LogP contribution in [0.15, 0.2) is 50.4 Å². The van der Waals surface area contributed by atoms with Gasteiger partial charge in [-0.1, -0.05) is 12.1 Å². The molecule has 0 aliphatic rings. The Labute approximate surface area is 185 Å². The number of aromatic hydroxyl groups is 1. The Balaban J connectivity index is 1.76. The number of halogens is 2. The van der Waals surface area contributed by atoms with Crippen LogP contribution in [0.5, 0.6) is 11.5 Å². The summed E-state index contributed by atoms with van der Waals surface area (Å²) in [5, 5.41) is 16.6. The number of phenolic OH excluding ortho intramolecular Hbond substituents is 1. The third kappa shape index (κ3) is 7.17. The molecule has 2 amide bonds. The van der Waals surface area contributed by atoms with Crippen LogP contribution in [-0.2, 0) is 4.79 Å². The fourth-order valence-corrected chi connectivity index (χ4v) is 3.28. The number of carbonyl (C=O) groups excluding carboxylic acids is 2. The number of rotatable bonds is 9. The minimum Gasteiger partial charge on any atom is -0.503 e. The van der Waals surface area contributed by atoms with E-state index < -0.39 is 0 Å². The van der Waals surface area contributed by atoms with Gasteiger partial charge in [0.15, 0.2) is 11.5 Å². The van der Waals surface area contributed by atoms with Gasteiger partial charge >= 0.3 is 0 Å². The highest BCUT2D eigenvalue weighted by atomic mass is 79.9. The van der Waals surface area contributed by atoms with Crippen molar-refractivity contribution in [1.29, 1.82) is 0 Å². The van der Waals surface area contributed by atoms with Gasteiger partial charge in [0.1, 0.15) is 0 Å². The summed E-state index contributed by atoms with van der Waals surface area (Å²) in [4.78, 5) is 23.9. The summed E-state index contributed by atoms with van der Waals surface area (Å²) in [5.41, 5.74) is 3.64. The summed E-state index contributed by atoms with van der Waals surface area (Å²) in [7, 11) is 0. The van der Waals surface area contributed by atoms with E-state index in [1.54, 1.807) is 30.3 Å². The Kier molecular flexibility index (Phi) is 9.14. The smallest absolute Gasteiger partial charge is 0.252 e. The van der Waals surface area contributed by atoms with Gasteiger partial charge in [0.25, 0.3) is 5.91 Å². The lowest BCUT2D eigenvalue weighted by Gasteiger charge is -2.08. The van der Waals surface area contributed by atoms with Crippen molar-refractivity contribution in [2.24, 2.45) is 5.10 Å². The van der Waals surface area contributed by atoms with Crippen LogP contribution in [0.4, 0.5) is 0 Å². The molecule has 29 heavy (non-hydrogen) atoms.